The lowest BCUT2D eigenvalue weighted by molar-refractivity contribution is -0.539. The number of carbonyl (C=O) groups excluding carboxylic acids is 2. The van der Waals surface area contributed by atoms with E-state index in [-0.39, 0.29) is 33.0 Å². The van der Waals surface area contributed by atoms with Crippen molar-refractivity contribution in [3.8, 4) is 0 Å². The van der Waals surface area contributed by atoms with Crippen LogP contribution in [0.4, 0.5) is 0 Å². The maximum absolute atomic E-state index is 10.2. The lowest BCUT2D eigenvalue weighted by atomic mass is 10.2. The fourth-order valence-electron chi connectivity index (χ4n) is 3.81. The van der Waals surface area contributed by atoms with Crippen molar-refractivity contribution in [1.82, 2.24) is 26.3 Å². The number of nitrogens with zero attached hydrogens (tertiary/aromatic N) is 3. The van der Waals surface area contributed by atoms with Crippen LogP contribution in [0.25, 0.3) is 0 Å². The molecular weight excluding hydrogens is 478 g/mol. The lowest BCUT2D eigenvalue weighted by Gasteiger charge is -2.22. The Morgan fingerprint density at radius 3 is 1.19 bits per heavy atom. The predicted molar refractivity (Wildman–Crippen MR) is 128 cm³/mol. The third-order valence-corrected chi connectivity index (χ3v) is 5.43. The lowest BCUT2D eigenvalue weighted by Crippen LogP contribution is -2.52. The van der Waals surface area contributed by atoms with Gasteiger partial charge in [-0.15, -0.1) is 0 Å². The number of hydrogen-bond donors (Lipinski definition) is 4. The highest BCUT2D eigenvalue weighted by Gasteiger charge is 2.20. The first-order valence-electron chi connectivity index (χ1n) is 11.1. The first-order valence-corrected chi connectivity index (χ1v) is 11.1. The number of carbonyl (C=O) groups is 2. The van der Waals surface area contributed by atoms with Gasteiger partial charge in [0.15, 0.2) is 0 Å². The summed E-state index contributed by atoms with van der Waals surface area (Å²) in [7, 11) is 0. The Morgan fingerprint density at radius 2 is 0.944 bits per heavy atom. The Morgan fingerprint density at radius 1 is 0.639 bits per heavy atom. The van der Waals surface area contributed by atoms with E-state index in [2.05, 4.69) is 35.4 Å². The van der Waals surface area contributed by atoms with Crippen LogP contribution >= 0.6 is 0 Å². The number of aromatic nitrogens is 1. The molecule has 0 amide bonds. The molecule has 5 heterocycles. The number of rotatable bonds is 2. The van der Waals surface area contributed by atoms with Crippen LogP contribution < -0.4 is 31.5 Å². The maximum Gasteiger partial charge on any atom is 0.345 e. The molecule has 0 atom stereocenters. The Balaban J connectivity index is 0. The number of hydrogen-bond acceptors (Lipinski definition) is 9. The molecule has 0 spiro atoms. The Hall–Kier alpha value is -3.53. The molecule has 5 rings (SSSR count). The van der Waals surface area contributed by atoms with Crippen molar-refractivity contribution in [3.63, 3.8) is 0 Å². The van der Waals surface area contributed by atoms with Gasteiger partial charge < -0.3 is 41.7 Å². The molecule has 15 heteroatoms. The van der Waals surface area contributed by atoms with Crippen molar-refractivity contribution < 1.29 is 50.9 Å². The minimum atomic E-state index is -1.47. The molecule has 1 aromatic rings. The van der Waals surface area contributed by atoms with Gasteiger partial charge >= 0.3 is 11.9 Å². The van der Waals surface area contributed by atoms with Gasteiger partial charge in [-0.1, -0.05) is 0 Å². The number of carboxylic acids is 2. The SMILES string of the molecule is C1CNC2=[N+](C1)CCCN2.C1CNC2=[N+](C1)CCCN2.O.O.O.O.O=C([O-])c1cncc(C(=O)[O-])c1. The van der Waals surface area contributed by atoms with Gasteiger partial charge in [0.2, 0.25) is 0 Å². The number of aromatic carboxylic acids is 2. The molecule has 0 bridgehead atoms. The van der Waals surface area contributed by atoms with Gasteiger partial charge in [0.25, 0.3) is 0 Å². The summed E-state index contributed by atoms with van der Waals surface area (Å²) >= 11 is 0. The van der Waals surface area contributed by atoms with E-state index in [0.29, 0.717) is 0 Å². The second kappa shape index (κ2) is 17.8. The largest absolute Gasteiger partial charge is 0.545 e. The zero-order chi connectivity index (χ0) is 22.8. The van der Waals surface area contributed by atoms with Crippen molar-refractivity contribution in [3.05, 3.63) is 29.6 Å². The minimum Gasteiger partial charge on any atom is -0.545 e. The van der Waals surface area contributed by atoms with Crippen LogP contribution in [0, 0.1) is 0 Å². The van der Waals surface area contributed by atoms with Crippen LogP contribution in [-0.2, 0) is 0 Å². The summed E-state index contributed by atoms with van der Waals surface area (Å²) in [6.07, 6.45) is 7.14. The molecule has 0 aromatic carbocycles. The van der Waals surface area contributed by atoms with Gasteiger partial charge in [0, 0.05) is 49.2 Å². The van der Waals surface area contributed by atoms with E-state index in [1.165, 1.54) is 63.8 Å². The van der Waals surface area contributed by atoms with Gasteiger partial charge in [-0.2, -0.15) is 0 Å². The first-order chi connectivity index (χ1) is 15.5. The molecule has 12 N–H and O–H groups in total. The Bertz CT molecular complexity index is 760. The third-order valence-electron chi connectivity index (χ3n) is 5.43. The molecular formula is C21H39N7O8. The number of carboxylic acid groups (broad SMARTS) is 2. The van der Waals surface area contributed by atoms with Crippen molar-refractivity contribution in [2.24, 2.45) is 0 Å². The summed E-state index contributed by atoms with van der Waals surface area (Å²) in [6, 6.07) is 0.928. The monoisotopic (exact) mass is 517 g/mol. The van der Waals surface area contributed by atoms with Crippen molar-refractivity contribution in [2.75, 3.05) is 52.4 Å². The van der Waals surface area contributed by atoms with Crippen LogP contribution in [0.15, 0.2) is 18.5 Å². The maximum atomic E-state index is 10.2. The van der Waals surface area contributed by atoms with Gasteiger partial charge in [-0.3, -0.25) is 35.4 Å². The quantitative estimate of drug-likeness (QED) is 0.271. The highest BCUT2D eigenvalue weighted by Crippen LogP contribution is 2.00. The summed E-state index contributed by atoms with van der Waals surface area (Å²) in [5.74, 6) is -0.411. The normalized spacial score (nSPS) is 16.9. The summed E-state index contributed by atoms with van der Waals surface area (Å²) in [4.78, 5) is 23.8. The highest BCUT2D eigenvalue weighted by atomic mass is 16.4. The molecule has 206 valence electrons. The first kappa shape index (κ1) is 34.6. The van der Waals surface area contributed by atoms with E-state index in [4.69, 9.17) is 0 Å². The molecule has 0 aliphatic carbocycles. The zero-order valence-corrected chi connectivity index (χ0v) is 20.2. The van der Waals surface area contributed by atoms with Crippen molar-refractivity contribution >= 4 is 23.9 Å². The molecule has 0 fully saturated rings. The number of pyridine rings is 1. The molecule has 0 saturated heterocycles. The summed E-state index contributed by atoms with van der Waals surface area (Å²) in [5, 5.41) is 33.8. The highest BCUT2D eigenvalue weighted by molar-refractivity contribution is 5.91. The van der Waals surface area contributed by atoms with Crippen LogP contribution in [0.5, 0.6) is 0 Å². The molecule has 0 radical (unpaired) electrons. The van der Waals surface area contributed by atoms with Crippen LogP contribution in [0.1, 0.15) is 46.4 Å². The van der Waals surface area contributed by atoms with Crippen molar-refractivity contribution in [2.45, 2.75) is 25.7 Å². The second-order valence-corrected chi connectivity index (χ2v) is 7.83. The average Bonchev–Trinajstić information content (AvgIpc) is 2.85. The Labute approximate surface area is 209 Å². The van der Waals surface area contributed by atoms with Gasteiger partial charge in [-0.25, -0.2) is 0 Å². The van der Waals surface area contributed by atoms with Gasteiger partial charge in [0.1, 0.15) is 0 Å². The Kier molecular flexibility index (Phi) is 17.2. The predicted octanol–water partition coefficient (Wildman–Crippen LogP) is -6.81. The molecule has 0 unspecified atom stereocenters. The molecule has 15 nitrogen and oxygen atoms in total. The molecule has 0 saturated carbocycles. The van der Waals surface area contributed by atoms with Crippen LogP contribution in [0.2, 0.25) is 0 Å². The standard InChI is InChI=1S/2C7H13N3.C7H5NO4.4H2O/c2*1-3-8-7-9-4-2-6-10(7)5-1;9-6(10)4-1-5(7(11)12)3-8-2-4;;;;/h2*1-6H2,(H,8,9);1-3H,(H,9,10)(H,11,12);4*1H2. The topological polar surface area (TPSA) is 273 Å². The third kappa shape index (κ3) is 10.4. The van der Waals surface area contributed by atoms with E-state index in [1.54, 1.807) is 0 Å². The van der Waals surface area contributed by atoms with Gasteiger partial charge in [0.05, 0.1) is 64.3 Å². The van der Waals surface area contributed by atoms with E-state index >= 15 is 0 Å². The van der Waals surface area contributed by atoms with Crippen molar-refractivity contribution in [1.29, 1.82) is 0 Å². The fourth-order valence-corrected chi connectivity index (χ4v) is 3.81. The number of guanidine groups is 2. The summed E-state index contributed by atoms with van der Waals surface area (Å²) < 4.78 is 4.79. The molecule has 1 aromatic heterocycles. The smallest absolute Gasteiger partial charge is 0.345 e. The molecule has 4 aliphatic heterocycles. The fraction of sp³-hybridized carbons (Fsp3) is 0.571. The van der Waals surface area contributed by atoms with Gasteiger partial charge in [-0.05, 0) is 6.07 Å². The van der Waals surface area contributed by atoms with Crippen LogP contribution in [0.3, 0.4) is 0 Å². The van der Waals surface area contributed by atoms with E-state index in [0.717, 1.165) is 44.6 Å². The molecule has 4 aliphatic rings. The van der Waals surface area contributed by atoms with E-state index in [9.17, 15) is 19.8 Å². The average molecular weight is 518 g/mol. The minimum absolute atomic E-state index is 0. The van der Waals surface area contributed by atoms with Crippen LogP contribution in [-0.4, -0.2) is 112 Å². The summed E-state index contributed by atoms with van der Waals surface area (Å²) in [5.41, 5.74) is -0.562. The van der Waals surface area contributed by atoms with E-state index in [1.807, 2.05) is 0 Å². The number of nitrogens with one attached hydrogen (secondary N) is 4. The zero-order valence-electron chi connectivity index (χ0n) is 20.2. The van der Waals surface area contributed by atoms with E-state index < -0.39 is 11.9 Å². The molecule has 36 heavy (non-hydrogen) atoms. The summed E-state index contributed by atoms with van der Waals surface area (Å²) in [6.45, 7) is 9.48. The second-order valence-electron chi connectivity index (χ2n) is 7.83.